The molecule has 3 heterocycles. The summed E-state index contributed by atoms with van der Waals surface area (Å²) in [6, 6.07) is 2.12. The van der Waals surface area contributed by atoms with Crippen LogP contribution in [0.4, 0.5) is 0 Å². The van der Waals surface area contributed by atoms with E-state index in [2.05, 4.69) is 21.5 Å². The van der Waals surface area contributed by atoms with Crippen molar-refractivity contribution in [2.24, 2.45) is 0 Å². The van der Waals surface area contributed by atoms with Crippen molar-refractivity contribution in [2.45, 2.75) is 39.3 Å². The standard InChI is InChI=1S/C18H24N4O2/c1-13-6-7-19-10-16(13)18(23)21-8-4-5-15(11-21)22-14(2)9-20-17(22)12-24-3/h6-7,9-10,15H,4-5,8,11-12H2,1-3H3. The van der Waals surface area contributed by atoms with E-state index in [0.717, 1.165) is 36.5 Å². The molecule has 0 bridgehead atoms. The SMILES string of the molecule is COCc1ncc(C)n1C1CCCN(C(=O)c2cnccc2C)C1. The monoisotopic (exact) mass is 328 g/mol. The molecule has 2 aromatic rings. The average Bonchev–Trinajstić information content (AvgIpc) is 2.96. The third-order valence-electron chi connectivity index (χ3n) is 4.65. The zero-order valence-corrected chi connectivity index (χ0v) is 14.5. The van der Waals surface area contributed by atoms with Crippen LogP contribution >= 0.6 is 0 Å². The Bertz CT molecular complexity index is 726. The van der Waals surface area contributed by atoms with Gasteiger partial charge in [0.25, 0.3) is 5.91 Å². The van der Waals surface area contributed by atoms with E-state index >= 15 is 0 Å². The maximum atomic E-state index is 12.9. The largest absolute Gasteiger partial charge is 0.377 e. The molecule has 1 fully saturated rings. The molecule has 6 nitrogen and oxygen atoms in total. The van der Waals surface area contributed by atoms with Crippen molar-refractivity contribution in [1.29, 1.82) is 0 Å². The van der Waals surface area contributed by atoms with Gasteiger partial charge in [-0.2, -0.15) is 0 Å². The topological polar surface area (TPSA) is 60.2 Å². The van der Waals surface area contributed by atoms with E-state index < -0.39 is 0 Å². The minimum Gasteiger partial charge on any atom is -0.377 e. The molecule has 1 atom stereocenters. The molecule has 3 rings (SSSR count). The van der Waals surface area contributed by atoms with Gasteiger partial charge in [0.2, 0.25) is 0 Å². The number of hydrogen-bond donors (Lipinski definition) is 0. The van der Waals surface area contributed by atoms with E-state index in [1.807, 2.05) is 24.1 Å². The van der Waals surface area contributed by atoms with Crippen molar-refractivity contribution < 1.29 is 9.53 Å². The molecule has 1 aliphatic rings. The summed E-state index contributed by atoms with van der Waals surface area (Å²) < 4.78 is 7.48. The summed E-state index contributed by atoms with van der Waals surface area (Å²) in [6.07, 6.45) is 7.29. The Morgan fingerprint density at radius 2 is 2.21 bits per heavy atom. The van der Waals surface area contributed by atoms with Crippen molar-refractivity contribution in [3.63, 3.8) is 0 Å². The summed E-state index contributed by atoms with van der Waals surface area (Å²) in [6.45, 7) is 5.98. The van der Waals surface area contributed by atoms with Crippen LogP contribution in [0.1, 0.15) is 46.3 Å². The highest BCUT2D eigenvalue weighted by molar-refractivity contribution is 5.95. The van der Waals surface area contributed by atoms with Gasteiger partial charge >= 0.3 is 0 Å². The minimum atomic E-state index is 0.0661. The molecule has 1 amide bonds. The highest BCUT2D eigenvalue weighted by Crippen LogP contribution is 2.26. The average molecular weight is 328 g/mol. The second kappa shape index (κ2) is 7.13. The van der Waals surface area contributed by atoms with Crippen LogP contribution in [-0.4, -0.2) is 45.5 Å². The highest BCUT2D eigenvalue weighted by Gasteiger charge is 2.28. The number of ether oxygens (including phenoxy) is 1. The maximum absolute atomic E-state index is 12.9. The molecule has 0 N–H and O–H groups in total. The Hall–Kier alpha value is -2.21. The fraction of sp³-hybridized carbons (Fsp3) is 0.500. The lowest BCUT2D eigenvalue weighted by Crippen LogP contribution is -2.41. The van der Waals surface area contributed by atoms with E-state index in [-0.39, 0.29) is 11.9 Å². The first-order valence-electron chi connectivity index (χ1n) is 8.33. The van der Waals surface area contributed by atoms with Gasteiger partial charge in [-0.15, -0.1) is 0 Å². The van der Waals surface area contributed by atoms with Crippen molar-refractivity contribution in [1.82, 2.24) is 19.4 Å². The summed E-state index contributed by atoms with van der Waals surface area (Å²) in [5, 5.41) is 0. The van der Waals surface area contributed by atoms with Crippen LogP contribution < -0.4 is 0 Å². The van der Waals surface area contributed by atoms with Crippen molar-refractivity contribution in [3.05, 3.63) is 47.3 Å². The number of carbonyl (C=O) groups excluding carboxylic acids is 1. The Morgan fingerprint density at radius 1 is 1.38 bits per heavy atom. The van der Waals surface area contributed by atoms with Crippen LogP contribution in [0.5, 0.6) is 0 Å². The van der Waals surface area contributed by atoms with E-state index in [4.69, 9.17) is 4.74 Å². The summed E-state index contributed by atoms with van der Waals surface area (Å²) in [5.74, 6) is 0.989. The van der Waals surface area contributed by atoms with E-state index in [9.17, 15) is 4.79 Å². The first-order chi connectivity index (χ1) is 11.6. The molecular formula is C18H24N4O2. The number of amides is 1. The number of rotatable bonds is 4. The Morgan fingerprint density at radius 3 is 2.96 bits per heavy atom. The fourth-order valence-electron chi connectivity index (χ4n) is 3.44. The second-order valence-electron chi connectivity index (χ2n) is 6.36. The third-order valence-corrected chi connectivity index (χ3v) is 4.65. The number of likely N-dealkylation sites (tertiary alicyclic amines) is 1. The Labute approximate surface area is 142 Å². The molecule has 0 saturated carbocycles. The quantitative estimate of drug-likeness (QED) is 0.865. The molecule has 0 spiro atoms. The molecule has 0 aromatic carbocycles. The number of aromatic nitrogens is 3. The van der Waals surface area contributed by atoms with Crippen LogP contribution in [0.15, 0.2) is 24.7 Å². The zero-order valence-electron chi connectivity index (χ0n) is 14.5. The van der Waals surface area contributed by atoms with Gasteiger partial charge in [-0.3, -0.25) is 9.78 Å². The van der Waals surface area contributed by atoms with Crippen LogP contribution in [0.3, 0.4) is 0 Å². The van der Waals surface area contributed by atoms with Crippen LogP contribution in [0.25, 0.3) is 0 Å². The molecule has 0 aliphatic carbocycles. The van der Waals surface area contributed by atoms with Gasteiger partial charge in [-0.25, -0.2) is 4.98 Å². The van der Waals surface area contributed by atoms with Crippen LogP contribution in [0.2, 0.25) is 0 Å². The lowest BCUT2D eigenvalue weighted by atomic mass is 10.0. The van der Waals surface area contributed by atoms with Gasteiger partial charge in [0.05, 0.1) is 11.6 Å². The molecule has 2 aromatic heterocycles. The number of pyridine rings is 1. The molecule has 1 unspecified atom stereocenters. The van der Waals surface area contributed by atoms with Crippen LogP contribution in [-0.2, 0) is 11.3 Å². The minimum absolute atomic E-state index is 0.0661. The normalized spacial score (nSPS) is 18.0. The zero-order chi connectivity index (χ0) is 17.1. The predicted molar refractivity (Wildman–Crippen MR) is 90.8 cm³/mol. The van der Waals surface area contributed by atoms with E-state index in [1.54, 1.807) is 19.5 Å². The number of carbonyl (C=O) groups is 1. The van der Waals surface area contributed by atoms with E-state index in [1.165, 1.54) is 0 Å². The number of methoxy groups -OCH3 is 1. The molecule has 128 valence electrons. The number of hydrogen-bond acceptors (Lipinski definition) is 4. The molecule has 1 aliphatic heterocycles. The second-order valence-corrected chi connectivity index (χ2v) is 6.36. The smallest absolute Gasteiger partial charge is 0.255 e. The maximum Gasteiger partial charge on any atom is 0.255 e. The molecular weight excluding hydrogens is 304 g/mol. The Balaban J connectivity index is 1.81. The van der Waals surface area contributed by atoms with Crippen molar-refractivity contribution in [3.8, 4) is 0 Å². The van der Waals surface area contributed by atoms with Gasteiger partial charge in [0.15, 0.2) is 0 Å². The first kappa shape index (κ1) is 16.6. The number of imidazole rings is 1. The highest BCUT2D eigenvalue weighted by atomic mass is 16.5. The van der Waals surface area contributed by atoms with Gasteiger partial charge in [0.1, 0.15) is 12.4 Å². The molecule has 1 saturated heterocycles. The molecule has 6 heteroatoms. The lowest BCUT2D eigenvalue weighted by molar-refractivity contribution is 0.0671. The lowest BCUT2D eigenvalue weighted by Gasteiger charge is -2.35. The fourth-order valence-corrected chi connectivity index (χ4v) is 3.44. The Kier molecular flexibility index (Phi) is 4.94. The summed E-state index contributed by atoms with van der Waals surface area (Å²) in [4.78, 5) is 23.4. The van der Waals surface area contributed by atoms with Gasteiger partial charge in [0, 0.05) is 44.5 Å². The van der Waals surface area contributed by atoms with Gasteiger partial charge in [-0.1, -0.05) is 0 Å². The predicted octanol–water partition coefficient (Wildman–Crippen LogP) is 2.52. The summed E-state index contributed by atoms with van der Waals surface area (Å²) >= 11 is 0. The number of piperidine rings is 1. The summed E-state index contributed by atoms with van der Waals surface area (Å²) in [7, 11) is 1.68. The first-order valence-corrected chi connectivity index (χ1v) is 8.33. The number of nitrogens with zero attached hydrogens (tertiary/aromatic N) is 4. The van der Waals surface area contributed by atoms with Gasteiger partial charge in [-0.05, 0) is 38.3 Å². The van der Waals surface area contributed by atoms with E-state index in [0.29, 0.717) is 18.7 Å². The molecule has 0 radical (unpaired) electrons. The summed E-state index contributed by atoms with van der Waals surface area (Å²) in [5.41, 5.74) is 2.77. The van der Waals surface area contributed by atoms with Crippen molar-refractivity contribution >= 4 is 5.91 Å². The molecule has 24 heavy (non-hydrogen) atoms. The van der Waals surface area contributed by atoms with Gasteiger partial charge < -0.3 is 14.2 Å². The number of aryl methyl sites for hydroxylation is 2. The van der Waals surface area contributed by atoms with Crippen LogP contribution in [0, 0.1) is 13.8 Å². The van der Waals surface area contributed by atoms with Crippen molar-refractivity contribution in [2.75, 3.05) is 20.2 Å². The third kappa shape index (κ3) is 3.19.